The fraction of sp³-hybridized carbons (Fsp3) is 0.765. The highest BCUT2D eigenvalue weighted by atomic mass is 16.2. The lowest BCUT2D eigenvalue weighted by Gasteiger charge is -2.35. The average molecular weight is 321 g/mol. The first-order valence-corrected chi connectivity index (χ1v) is 8.58. The Labute approximate surface area is 139 Å². The molecule has 1 unspecified atom stereocenters. The number of hydrogen-bond acceptors (Lipinski definition) is 4. The van der Waals surface area contributed by atoms with E-state index in [1.54, 1.807) is 12.5 Å². The molecule has 1 fully saturated rings. The first-order valence-electron chi connectivity index (χ1n) is 8.58. The van der Waals surface area contributed by atoms with E-state index in [-0.39, 0.29) is 17.4 Å². The van der Waals surface area contributed by atoms with Gasteiger partial charge in [0.05, 0.1) is 18.9 Å². The first kappa shape index (κ1) is 17.9. The molecule has 1 saturated heterocycles. The van der Waals surface area contributed by atoms with Gasteiger partial charge in [0.25, 0.3) is 0 Å². The fourth-order valence-corrected chi connectivity index (χ4v) is 2.85. The van der Waals surface area contributed by atoms with E-state index in [0.717, 1.165) is 39.3 Å². The molecule has 1 atom stereocenters. The summed E-state index contributed by atoms with van der Waals surface area (Å²) in [4.78, 5) is 21.2. The van der Waals surface area contributed by atoms with E-state index in [0.29, 0.717) is 6.54 Å². The van der Waals surface area contributed by atoms with Crippen molar-refractivity contribution in [3.63, 3.8) is 0 Å². The molecule has 130 valence electrons. The van der Waals surface area contributed by atoms with Gasteiger partial charge in [-0.05, 0) is 12.0 Å². The number of amides is 1. The van der Waals surface area contributed by atoms with E-state index < -0.39 is 0 Å². The van der Waals surface area contributed by atoms with E-state index in [2.05, 4.69) is 47.8 Å². The second-order valence-corrected chi connectivity index (χ2v) is 7.46. The predicted octanol–water partition coefficient (Wildman–Crippen LogP) is 1.05. The Bertz CT molecular complexity index is 472. The third-order valence-corrected chi connectivity index (χ3v) is 4.61. The molecule has 0 spiro atoms. The molecule has 0 aromatic carbocycles. The molecule has 2 rings (SSSR count). The van der Waals surface area contributed by atoms with Gasteiger partial charge in [-0.15, -0.1) is 0 Å². The highest BCUT2D eigenvalue weighted by molar-refractivity contribution is 5.78. The number of carbonyl (C=O) groups excluding carboxylic acids is 1. The Hall–Kier alpha value is -1.40. The summed E-state index contributed by atoms with van der Waals surface area (Å²) in [6.45, 7) is 15.1. The smallest absolute Gasteiger partial charge is 0.234 e. The Balaban J connectivity index is 1.85. The van der Waals surface area contributed by atoms with Gasteiger partial charge in [-0.2, -0.15) is 0 Å². The van der Waals surface area contributed by atoms with Gasteiger partial charge in [0.2, 0.25) is 5.91 Å². The van der Waals surface area contributed by atoms with Crippen LogP contribution in [0.3, 0.4) is 0 Å². The van der Waals surface area contributed by atoms with Gasteiger partial charge in [0.1, 0.15) is 0 Å². The Morgan fingerprint density at radius 3 is 2.39 bits per heavy atom. The van der Waals surface area contributed by atoms with Gasteiger partial charge < -0.3 is 14.8 Å². The lowest BCUT2D eigenvalue weighted by Crippen LogP contribution is -2.52. The molecular weight excluding hydrogens is 290 g/mol. The molecule has 1 amide bonds. The molecule has 2 heterocycles. The molecule has 1 aromatic heterocycles. The van der Waals surface area contributed by atoms with Crippen molar-refractivity contribution < 1.29 is 4.79 Å². The normalized spacial score (nSPS) is 18.8. The van der Waals surface area contributed by atoms with Crippen LogP contribution in [0.5, 0.6) is 0 Å². The van der Waals surface area contributed by atoms with E-state index in [4.69, 9.17) is 0 Å². The highest BCUT2D eigenvalue weighted by Crippen LogP contribution is 2.20. The van der Waals surface area contributed by atoms with Crippen molar-refractivity contribution in [2.24, 2.45) is 5.41 Å². The van der Waals surface area contributed by atoms with Gasteiger partial charge >= 0.3 is 0 Å². The molecular formula is C17H31N5O. The van der Waals surface area contributed by atoms with Crippen molar-refractivity contribution in [3.05, 3.63) is 18.7 Å². The molecule has 1 aliphatic rings. The van der Waals surface area contributed by atoms with Crippen molar-refractivity contribution in [2.75, 3.05) is 39.3 Å². The van der Waals surface area contributed by atoms with Gasteiger partial charge in [0, 0.05) is 45.1 Å². The minimum absolute atomic E-state index is 0.000831. The number of piperazine rings is 1. The lowest BCUT2D eigenvalue weighted by molar-refractivity contribution is -0.124. The molecule has 1 aromatic rings. The molecule has 6 nitrogen and oxygen atoms in total. The predicted molar refractivity (Wildman–Crippen MR) is 92.2 cm³/mol. The third kappa shape index (κ3) is 5.62. The molecule has 0 saturated carbocycles. The fourth-order valence-electron chi connectivity index (χ4n) is 2.85. The zero-order valence-corrected chi connectivity index (χ0v) is 15.0. The number of aromatic nitrogens is 2. The second kappa shape index (κ2) is 7.93. The van der Waals surface area contributed by atoms with Crippen molar-refractivity contribution >= 4 is 5.91 Å². The molecule has 23 heavy (non-hydrogen) atoms. The number of nitrogens with zero attached hydrogens (tertiary/aromatic N) is 4. The van der Waals surface area contributed by atoms with Crippen LogP contribution in [-0.4, -0.2) is 70.6 Å². The molecule has 0 bridgehead atoms. The summed E-state index contributed by atoms with van der Waals surface area (Å²) in [5, 5.41) is 3.22. The van der Waals surface area contributed by atoms with Crippen LogP contribution in [0.1, 0.15) is 27.7 Å². The molecule has 1 aliphatic heterocycles. The second-order valence-electron chi connectivity index (χ2n) is 7.46. The van der Waals surface area contributed by atoms with Crippen LogP contribution >= 0.6 is 0 Å². The van der Waals surface area contributed by atoms with Crippen molar-refractivity contribution in [2.45, 2.75) is 40.3 Å². The van der Waals surface area contributed by atoms with Crippen LogP contribution in [0.15, 0.2) is 18.7 Å². The van der Waals surface area contributed by atoms with Crippen LogP contribution in [-0.2, 0) is 11.3 Å². The number of rotatable bonds is 6. The van der Waals surface area contributed by atoms with Crippen molar-refractivity contribution in [1.29, 1.82) is 0 Å². The summed E-state index contributed by atoms with van der Waals surface area (Å²) in [5.41, 5.74) is 0.000831. The minimum atomic E-state index is 0.000831. The maximum Gasteiger partial charge on any atom is 0.234 e. The summed E-state index contributed by atoms with van der Waals surface area (Å²) < 4.78 is 2.02. The number of carbonyl (C=O) groups is 1. The van der Waals surface area contributed by atoms with E-state index in [1.165, 1.54) is 0 Å². The Morgan fingerprint density at radius 2 is 1.87 bits per heavy atom. The van der Waals surface area contributed by atoms with Crippen LogP contribution in [0.4, 0.5) is 0 Å². The van der Waals surface area contributed by atoms with Crippen LogP contribution < -0.4 is 5.32 Å². The van der Waals surface area contributed by atoms with Crippen LogP contribution in [0.25, 0.3) is 0 Å². The Morgan fingerprint density at radius 1 is 1.22 bits per heavy atom. The van der Waals surface area contributed by atoms with E-state index >= 15 is 0 Å². The third-order valence-electron chi connectivity index (χ3n) is 4.61. The summed E-state index contributed by atoms with van der Waals surface area (Å²) in [5.74, 6) is 0.120. The summed E-state index contributed by atoms with van der Waals surface area (Å²) in [6, 6.07) is 0.0844. The molecule has 6 heteroatoms. The summed E-state index contributed by atoms with van der Waals surface area (Å²) in [7, 11) is 0. The quantitative estimate of drug-likeness (QED) is 0.851. The van der Waals surface area contributed by atoms with Gasteiger partial charge in [0.15, 0.2) is 0 Å². The van der Waals surface area contributed by atoms with Crippen molar-refractivity contribution in [1.82, 2.24) is 24.7 Å². The van der Waals surface area contributed by atoms with Crippen LogP contribution in [0.2, 0.25) is 0 Å². The standard InChI is InChI=1S/C17H31N5O/c1-5-20-8-10-21(11-9-20)13-16(23)19-15(17(2,3)4)12-22-7-6-18-14-22/h6-7,14-15H,5,8-13H2,1-4H3,(H,19,23). The SMILES string of the molecule is CCN1CCN(CC(=O)NC(Cn2ccnc2)C(C)(C)C)CC1. The molecule has 0 aliphatic carbocycles. The number of imidazole rings is 1. The Kier molecular flexibility index (Phi) is 6.18. The summed E-state index contributed by atoms with van der Waals surface area (Å²) in [6.07, 6.45) is 5.51. The highest BCUT2D eigenvalue weighted by Gasteiger charge is 2.27. The average Bonchev–Trinajstić information content (AvgIpc) is 2.99. The first-order chi connectivity index (χ1) is 10.9. The maximum absolute atomic E-state index is 12.5. The molecule has 1 N–H and O–H groups in total. The summed E-state index contributed by atoms with van der Waals surface area (Å²) >= 11 is 0. The number of nitrogens with one attached hydrogen (secondary N) is 1. The molecule has 0 radical (unpaired) electrons. The monoisotopic (exact) mass is 321 g/mol. The largest absolute Gasteiger partial charge is 0.350 e. The zero-order valence-electron chi connectivity index (χ0n) is 15.0. The zero-order chi connectivity index (χ0) is 16.9. The lowest BCUT2D eigenvalue weighted by atomic mass is 9.86. The van der Waals surface area contributed by atoms with Gasteiger partial charge in [-0.25, -0.2) is 4.98 Å². The number of hydrogen-bond donors (Lipinski definition) is 1. The number of likely N-dealkylation sites (N-methyl/N-ethyl adjacent to an activating group) is 1. The maximum atomic E-state index is 12.5. The minimum Gasteiger partial charge on any atom is -0.350 e. The van der Waals surface area contributed by atoms with E-state index in [1.807, 2.05) is 10.8 Å². The van der Waals surface area contributed by atoms with Gasteiger partial charge in [-0.3, -0.25) is 9.69 Å². The van der Waals surface area contributed by atoms with Gasteiger partial charge in [-0.1, -0.05) is 27.7 Å². The topological polar surface area (TPSA) is 53.4 Å². The van der Waals surface area contributed by atoms with Crippen molar-refractivity contribution in [3.8, 4) is 0 Å². The van der Waals surface area contributed by atoms with E-state index in [9.17, 15) is 4.79 Å². The van der Waals surface area contributed by atoms with Crippen LogP contribution in [0, 0.1) is 5.41 Å².